The lowest BCUT2D eigenvalue weighted by molar-refractivity contribution is 0.0685. The molecule has 0 saturated carbocycles. The van der Waals surface area contributed by atoms with Crippen LogP contribution in [-0.4, -0.2) is 32.1 Å². The number of aromatic nitrogens is 2. The molecule has 4 rings (SSSR count). The predicted molar refractivity (Wildman–Crippen MR) is 137 cm³/mol. The first kappa shape index (κ1) is 29.2. The van der Waals surface area contributed by atoms with Crippen molar-refractivity contribution in [2.45, 2.75) is 6.92 Å². The largest absolute Gasteiger partial charge is 0.478 e. The predicted octanol–water partition coefficient (Wildman–Crippen LogP) is 6.71. The number of nitrogens with one attached hydrogen (secondary N) is 1. The molecule has 4 aromatic rings. The molecule has 0 aliphatic rings. The summed E-state index contributed by atoms with van der Waals surface area (Å²) in [5.41, 5.74) is 0.616. The number of carboxylic acids is 2. The molecule has 1 aromatic heterocycles. The van der Waals surface area contributed by atoms with Gasteiger partial charge in [0, 0.05) is 0 Å². The van der Waals surface area contributed by atoms with Gasteiger partial charge in [-0.05, 0) is 103 Å². The summed E-state index contributed by atoms with van der Waals surface area (Å²) in [6.07, 6.45) is 1.29. The molecule has 0 unspecified atom stereocenters. The van der Waals surface area contributed by atoms with Gasteiger partial charge in [0.1, 0.15) is 17.5 Å². The Bertz CT molecular complexity index is 1510. The molecule has 36 heavy (non-hydrogen) atoms. The van der Waals surface area contributed by atoms with Gasteiger partial charge >= 0.3 is 11.9 Å². The number of fused-ring (bicyclic) bond motifs is 1. The average molecular weight is 695 g/mol. The monoisotopic (exact) mass is 692 g/mol. The average Bonchev–Trinajstić information content (AvgIpc) is 2.80. The van der Waals surface area contributed by atoms with Crippen LogP contribution in [0.2, 0.25) is 0 Å². The van der Waals surface area contributed by atoms with Gasteiger partial charge in [0.25, 0.3) is 5.56 Å². The minimum absolute atomic E-state index is 0.00398. The molecule has 0 amide bonds. The van der Waals surface area contributed by atoms with E-state index in [2.05, 4.69) is 57.8 Å². The van der Waals surface area contributed by atoms with Gasteiger partial charge in [0.2, 0.25) is 0 Å². The number of aromatic carboxylic acids is 2. The Morgan fingerprint density at radius 1 is 0.833 bits per heavy atom. The first-order valence-corrected chi connectivity index (χ1v) is 11.9. The lowest BCUT2D eigenvalue weighted by atomic mass is 10.1. The van der Waals surface area contributed by atoms with Gasteiger partial charge in [-0.15, -0.1) is 0 Å². The molecular weight excluding hydrogens is 681 g/mol. The van der Waals surface area contributed by atoms with E-state index in [-0.39, 0.29) is 31.0 Å². The zero-order valence-electron chi connectivity index (χ0n) is 18.0. The summed E-state index contributed by atoms with van der Waals surface area (Å²) in [5, 5.41) is 17.3. The van der Waals surface area contributed by atoms with Crippen LogP contribution in [0.3, 0.4) is 0 Å². The van der Waals surface area contributed by atoms with Crippen LogP contribution in [0.25, 0.3) is 10.9 Å². The maximum absolute atomic E-state index is 13.0. The summed E-state index contributed by atoms with van der Waals surface area (Å²) in [5.74, 6) is -3.83. The first-order valence-electron chi connectivity index (χ1n) is 9.51. The highest BCUT2D eigenvalue weighted by molar-refractivity contribution is 9.11. The summed E-state index contributed by atoms with van der Waals surface area (Å²) in [6, 6.07) is 8.73. The number of carboxylic acid groups (broad SMARTS) is 2. The Hall–Kier alpha value is -3.03. The van der Waals surface area contributed by atoms with Crippen LogP contribution in [-0.2, 0) is 0 Å². The van der Waals surface area contributed by atoms with Crippen molar-refractivity contribution in [2.75, 3.05) is 0 Å². The van der Waals surface area contributed by atoms with Gasteiger partial charge in [-0.3, -0.25) is 4.79 Å². The van der Waals surface area contributed by atoms with Crippen LogP contribution < -0.4 is 5.56 Å². The van der Waals surface area contributed by atoms with Crippen molar-refractivity contribution < 1.29 is 33.0 Å². The Kier molecular flexibility index (Phi) is 10.4. The van der Waals surface area contributed by atoms with Gasteiger partial charge in [-0.1, -0.05) is 0 Å². The fourth-order valence-corrected chi connectivity index (χ4v) is 3.60. The van der Waals surface area contributed by atoms with Crippen molar-refractivity contribution in [3.05, 3.63) is 107 Å². The van der Waals surface area contributed by atoms with Crippen LogP contribution in [0.1, 0.15) is 26.3 Å². The Morgan fingerprint density at radius 2 is 1.42 bits per heavy atom. The zero-order valence-corrected chi connectivity index (χ0v) is 22.7. The number of H-pyrrole nitrogens is 1. The Balaban J connectivity index is 0.000000191. The standard InChI is InChI=1S/C8H4BrFN2O.C8H6BrFO2.C7H4BrFO2/c9-5-2-7-4(1-6(5)10)8(13)12-3-11-7;1-4-2-6(9)7(10)3-5(4)8(11)12;8-5-2-1-4(7(10)11)3-6(5)9/h1-3H,(H,11,12,13);2-3H,1H3,(H,11,12);1-3H,(H,10,11). The summed E-state index contributed by atoms with van der Waals surface area (Å²) in [7, 11) is 0. The smallest absolute Gasteiger partial charge is 0.336 e. The molecule has 0 bridgehead atoms. The van der Waals surface area contributed by atoms with Gasteiger partial charge in [-0.25, -0.2) is 27.7 Å². The van der Waals surface area contributed by atoms with Gasteiger partial charge in [0.05, 0.1) is 41.8 Å². The molecule has 188 valence electrons. The van der Waals surface area contributed by atoms with Gasteiger partial charge in [0.15, 0.2) is 0 Å². The third kappa shape index (κ3) is 7.73. The normalized spacial score (nSPS) is 10.1. The second kappa shape index (κ2) is 12.8. The van der Waals surface area contributed by atoms with Crippen LogP contribution in [0.4, 0.5) is 13.2 Å². The maximum atomic E-state index is 13.0. The molecule has 3 N–H and O–H groups in total. The van der Waals surface area contributed by atoms with E-state index in [4.69, 9.17) is 10.2 Å². The number of carbonyl (C=O) groups is 2. The summed E-state index contributed by atoms with van der Waals surface area (Å²) >= 11 is 8.89. The van der Waals surface area contributed by atoms with Crippen molar-refractivity contribution in [1.29, 1.82) is 0 Å². The molecular formula is C23H14Br3F3N2O5. The summed E-state index contributed by atoms with van der Waals surface area (Å²) in [4.78, 5) is 38.2. The second-order valence-electron chi connectivity index (χ2n) is 6.84. The topological polar surface area (TPSA) is 120 Å². The third-order valence-electron chi connectivity index (χ3n) is 4.35. The lowest BCUT2D eigenvalue weighted by Gasteiger charge is -2.01. The fourth-order valence-electron chi connectivity index (χ4n) is 2.57. The van der Waals surface area contributed by atoms with E-state index >= 15 is 0 Å². The fraction of sp³-hybridized carbons (Fsp3) is 0.0435. The van der Waals surface area contributed by atoms with E-state index in [1.54, 1.807) is 6.92 Å². The second-order valence-corrected chi connectivity index (χ2v) is 9.40. The summed E-state index contributed by atoms with van der Waals surface area (Å²) in [6.45, 7) is 1.62. The highest BCUT2D eigenvalue weighted by atomic mass is 79.9. The molecule has 7 nitrogen and oxygen atoms in total. The van der Waals surface area contributed by atoms with Crippen molar-refractivity contribution in [3.63, 3.8) is 0 Å². The minimum Gasteiger partial charge on any atom is -0.478 e. The van der Waals surface area contributed by atoms with Crippen molar-refractivity contribution in [2.24, 2.45) is 0 Å². The number of aryl methyl sites for hydroxylation is 1. The van der Waals surface area contributed by atoms with E-state index in [9.17, 15) is 27.6 Å². The SMILES string of the molecule is Cc1cc(Br)c(F)cc1C(=O)O.O=C(O)c1ccc(Br)c(F)c1.O=c1[nH]cnc2cc(Br)c(F)cc12. The molecule has 0 fully saturated rings. The van der Waals surface area contributed by atoms with Crippen LogP contribution in [0, 0.1) is 24.4 Å². The Labute approximate surface area is 226 Å². The van der Waals surface area contributed by atoms with Crippen LogP contribution in [0.15, 0.2) is 67.0 Å². The lowest BCUT2D eigenvalue weighted by Crippen LogP contribution is -2.06. The van der Waals surface area contributed by atoms with Crippen molar-refractivity contribution in [3.8, 4) is 0 Å². The Morgan fingerprint density at radius 3 is 2.00 bits per heavy atom. The van der Waals surface area contributed by atoms with Crippen molar-refractivity contribution in [1.82, 2.24) is 9.97 Å². The molecule has 0 aliphatic carbocycles. The maximum Gasteiger partial charge on any atom is 0.336 e. The number of halogens is 6. The molecule has 13 heteroatoms. The first-order chi connectivity index (χ1) is 16.8. The molecule has 0 saturated heterocycles. The third-order valence-corrected chi connectivity index (χ3v) is 6.21. The van der Waals surface area contributed by atoms with E-state index in [0.29, 0.717) is 15.6 Å². The molecule has 0 aliphatic heterocycles. The number of hydrogen-bond acceptors (Lipinski definition) is 4. The van der Waals surface area contributed by atoms with Gasteiger partial charge in [-0.2, -0.15) is 0 Å². The number of rotatable bonds is 2. The number of aromatic amines is 1. The molecule has 0 spiro atoms. The number of hydrogen-bond donors (Lipinski definition) is 3. The molecule has 3 aromatic carbocycles. The van der Waals surface area contributed by atoms with Crippen LogP contribution in [0.5, 0.6) is 0 Å². The zero-order chi connectivity index (χ0) is 27.2. The summed E-state index contributed by atoms with van der Waals surface area (Å²) < 4.78 is 39.3. The highest BCUT2D eigenvalue weighted by Crippen LogP contribution is 2.21. The van der Waals surface area contributed by atoms with E-state index in [1.165, 1.54) is 30.6 Å². The van der Waals surface area contributed by atoms with E-state index in [0.717, 1.165) is 18.2 Å². The van der Waals surface area contributed by atoms with Gasteiger partial charge < -0.3 is 15.2 Å². The number of nitrogens with zero attached hydrogens (tertiary/aromatic N) is 1. The molecule has 0 radical (unpaired) electrons. The highest BCUT2D eigenvalue weighted by Gasteiger charge is 2.10. The molecule has 1 heterocycles. The van der Waals surface area contributed by atoms with E-state index in [1.807, 2.05) is 0 Å². The molecule has 0 atom stereocenters. The van der Waals surface area contributed by atoms with Crippen LogP contribution >= 0.6 is 47.8 Å². The quantitative estimate of drug-likeness (QED) is 0.215. The van der Waals surface area contributed by atoms with E-state index < -0.39 is 29.4 Å². The minimum atomic E-state index is -1.13. The van der Waals surface area contributed by atoms with Crippen molar-refractivity contribution >= 4 is 70.6 Å². The number of benzene rings is 3.